The van der Waals surface area contributed by atoms with Gasteiger partial charge in [0.1, 0.15) is 5.82 Å². The number of nitrogens with zero attached hydrogens (tertiary/aromatic N) is 2. The van der Waals surface area contributed by atoms with Gasteiger partial charge in [0, 0.05) is 17.8 Å². The van der Waals surface area contributed by atoms with Crippen LogP contribution in [0.4, 0.5) is 5.82 Å². The van der Waals surface area contributed by atoms with E-state index in [0.717, 1.165) is 22.0 Å². The fourth-order valence-electron chi connectivity index (χ4n) is 2.00. The molecule has 3 rings (SSSR count). The number of aromatic nitrogens is 2. The molecule has 0 atom stereocenters. The lowest BCUT2D eigenvalue weighted by Crippen LogP contribution is -1.90. The quantitative estimate of drug-likeness (QED) is 0.755. The van der Waals surface area contributed by atoms with Gasteiger partial charge < -0.3 is 5.73 Å². The lowest BCUT2D eigenvalue weighted by atomic mass is 10.1. The van der Waals surface area contributed by atoms with Crippen molar-refractivity contribution < 1.29 is 0 Å². The van der Waals surface area contributed by atoms with E-state index in [0.29, 0.717) is 5.82 Å². The number of anilines is 1. The van der Waals surface area contributed by atoms with Crippen LogP contribution in [0.25, 0.3) is 23.1 Å². The summed E-state index contributed by atoms with van der Waals surface area (Å²) in [4.78, 5) is 8.41. The van der Waals surface area contributed by atoms with Crippen molar-refractivity contribution in [3.05, 3.63) is 66.0 Å². The Morgan fingerprint density at radius 3 is 2.74 bits per heavy atom. The Balaban J connectivity index is 2.04. The second kappa shape index (κ2) is 4.90. The van der Waals surface area contributed by atoms with E-state index in [4.69, 9.17) is 5.73 Å². The standard InChI is InChI=1S/C16H13N3/c17-16-9-8-14-13(4-1-5-15(14)19-16)7-6-12-3-2-10-18-11-12/h1-11H,(H2,17,19)/b7-6+. The smallest absolute Gasteiger partial charge is 0.124 e. The van der Waals surface area contributed by atoms with Gasteiger partial charge in [-0.3, -0.25) is 4.98 Å². The molecule has 0 saturated heterocycles. The zero-order valence-electron chi connectivity index (χ0n) is 10.3. The van der Waals surface area contributed by atoms with Crippen molar-refractivity contribution in [3.8, 4) is 0 Å². The molecule has 0 unspecified atom stereocenters. The van der Waals surface area contributed by atoms with Crippen LogP contribution in [0, 0.1) is 0 Å². The minimum Gasteiger partial charge on any atom is -0.384 e. The lowest BCUT2D eigenvalue weighted by molar-refractivity contribution is 1.32. The molecule has 1 aromatic carbocycles. The van der Waals surface area contributed by atoms with Gasteiger partial charge in [-0.15, -0.1) is 0 Å². The van der Waals surface area contributed by atoms with E-state index in [1.807, 2.05) is 48.7 Å². The van der Waals surface area contributed by atoms with Gasteiger partial charge in [-0.05, 0) is 35.4 Å². The molecular formula is C16H13N3. The summed E-state index contributed by atoms with van der Waals surface area (Å²) in [7, 11) is 0. The highest BCUT2D eigenvalue weighted by atomic mass is 14.8. The van der Waals surface area contributed by atoms with E-state index in [2.05, 4.69) is 22.1 Å². The Kier molecular flexibility index (Phi) is 2.94. The predicted molar refractivity (Wildman–Crippen MR) is 79.3 cm³/mol. The Hall–Kier alpha value is -2.68. The summed E-state index contributed by atoms with van der Waals surface area (Å²) in [6.07, 6.45) is 7.70. The van der Waals surface area contributed by atoms with Crippen LogP contribution in [0.5, 0.6) is 0 Å². The molecule has 3 heteroatoms. The van der Waals surface area contributed by atoms with Crippen LogP contribution >= 0.6 is 0 Å². The van der Waals surface area contributed by atoms with Crippen LogP contribution in [-0.4, -0.2) is 9.97 Å². The molecule has 92 valence electrons. The fraction of sp³-hybridized carbons (Fsp3) is 0. The highest BCUT2D eigenvalue weighted by Gasteiger charge is 1.99. The summed E-state index contributed by atoms with van der Waals surface area (Å²) in [5.74, 6) is 0.542. The summed E-state index contributed by atoms with van der Waals surface area (Å²) in [6, 6.07) is 13.8. The van der Waals surface area contributed by atoms with Gasteiger partial charge in [0.2, 0.25) is 0 Å². The molecule has 0 saturated carbocycles. The lowest BCUT2D eigenvalue weighted by Gasteiger charge is -2.02. The molecule has 3 nitrogen and oxygen atoms in total. The van der Waals surface area contributed by atoms with Gasteiger partial charge in [-0.1, -0.05) is 30.4 Å². The molecule has 2 N–H and O–H groups in total. The summed E-state index contributed by atoms with van der Waals surface area (Å²) >= 11 is 0. The number of hydrogen-bond acceptors (Lipinski definition) is 3. The van der Waals surface area contributed by atoms with Crippen molar-refractivity contribution in [2.75, 3.05) is 5.73 Å². The molecule has 2 aromatic heterocycles. The summed E-state index contributed by atoms with van der Waals surface area (Å²) < 4.78 is 0. The third-order valence-corrected chi connectivity index (χ3v) is 2.93. The zero-order chi connectivity index (χ0) is 13.1. The summed E-state index contributed by atoms with van der Waals surface area (Å²) in [5.41, 5.74) is 8.80. The number of hydrogen-bond donors (Lipinski definition) is 1. The van der Waals surface area contributed by atoms with E-state index in [1.165, 1.54) is 0 Å². The van der Waals surface area contributed by atoms with Crippen LogP contribution in [-0.2, 0) is 0 Å². The molecule has 0 bridgehead atoms. The largest absolute Gasteiger partial charge is 0.384 e. The van der Waals surface area contributed by atoms with Crippen molar-refractivity contribution >= 4 is 28.9 Å². The van der Waals surface area contributed by atoms with Crippen LogP contribution < -0.4 is 5.73 Å². The summed E-state index contributed by atoms with van der Waals surface area (Å²) in [5, 5.41) is 1.09. The third kappa shape index (κ3) is 2.45. The molecule has 0 aliphatic carbocycles. The average molecular weight is 247 g/mol. The normalized spacial score (nSPS) is 11.2. The molecule has 3 aromatic rings. The number of nitrogen functional groups attached to an aromatic ring is 1. The molecule has 0 aliphatic heterocycles. The maximum absolute atomic E-state index is 5.70. The van der Waals surface area contributed by atoms with E-state index < -0.39 is 0 Å². The first-order valence-electron chi connectivity index (χ1n) is 6.06. The van der Waals surface area contributed by atoms with E-state index >= 15 is 0 Å². The molecule has 0 amide bonds. The number of rotatable bonds is 2. The first-order chi connectivity index (χ1) is 9.33. The molecule has 2 heterocycles. The molecule has 0 fully saturated rings. The van der Waals surface area contributed by atoms with E-state index in [-0.39, 0.29) is 0 Å². The molecule has 19 heavy (non-hydrogen) atoms. The van der Waals surface area contributed by atoms with E-state index in [1.54, 1.807) is 6.20 Å². The summed E-state index contributed by atoms with van der Waals surface area (Å²) in [6.45, 7) is 0. The van der Waals surface area contributed by atoms with Crippen molar-refractivity contribution in [2.45, 2.75) is 0 Å². The Morgan fingerprint density at radius 2 is 1.89 bits per heavy atom. The third-order valence-electron chi connectivity index (χ3n) is 2.93. The first-order valence-corrected chi connectivity index (χ1v) is 6.06. The topological polar surface area (TPSA) is 51.8 Å². The highest BCUT2D eigenvalue weighted by Crippen LogP contribution is 2.20. The van der Waals surface area contributed by atoms with Crippen molar-refractivity contribution in [3.63, 3.8) is 0 Å². The number of nitrogens with two attached hydrogens (primary N) is 1. The minimum atomic E-state index is 0.542. The van der Waals surface area contributed by atoms with Crippen molar-refractivity contribution in [1.29, 1.82) is 0 Å². The predicted octanol–water partition coefficient (Wildman–Crippen LogP) is 3.38. The Morgan fingerprint density at radius 1 is 0.947 bits per heavy atom. The number of benzene rings is 1. The van der Waals surface area contributed by atoms with Crippen LogP contribution in [0.2, 0.25) is 0 Å². The van der Waals surface area contributed by atoms with Gasteiger partial charge in [0.05, 0.1) is 5.52 Å². The van der Waals surface area contributed by atoms with Crippen LogP contribution in [0.3, 0.4) is 0 Å². The van der Waals surface area contributed by atoms with Gasteiger partial charge in [0.15, 0.2) is 0 Å². The number of pyridine rings is 2. The van der Waals surface area contributed by atoms with Crippen molar-refractivity contribution in [1.82, 2.24) is 9.97 Å². The van der Waals surface area contributed by atoms with Gasteiger partial charge >= 0.3 is 0 Å². The van der Waals surface area contributed by atoms with Gasteiger partial charge in [-0.2, -0.15) is 0 Å². The average Bonchev–Trinajstić information content (AvgIpc) is 2.45. The molecular weight excluding hydrogens is 234 g/mol. The monoisotopic (exact) mass is 247 g/mol. The van der Waals surface area contributed by atoms with Crippen LogP contribution in [0.15, 0.2) is 54.9 Å². The SMILES string of the molecule is Nc1ccc2c(/C=C/c3cccnc3)cccc2n1. The van der Waals surface area contributed by atoms with Gasteiger partial charge in [-0.25, -0.2) is 4.98 Å². The Labute approximate surface area is 111 Å². The highest BCUT2D eigenvalue weighted by molar-refractivity contribution is 5.91. The second-order valence-electron chi connectivity index (χ2n) is 4.27. The first kappa shape index (κ1) is 11.4. The van der Waals surface area contributed by atoms with Gasteiger partial charge in [0.25, 0.3) is 0 Å². The fourth-order valence-corrected chi connectivity index (χ4v) is 2.00. The molecule has 0 aliphatic rings. The maximum Gasteiger partial charge on any atom is 0.124 e. The second-order valence-corrected chi connectivity index (χ2v) is 4.27. The molecule has 0 radical (unpaired) electrons. The Bertz CT molecular complexity index is 733. The number of fused-ring (bicyclic) bond motifs is 1. The van der Waals surface area contributed by atoms with Crippen LogP contribution in [0.1, 0.15) is 11.1 Å². The molecule has 0 spiro atoms. The van der Waals surface area contributed by atoms with Crippen molar-refractivity contribution in [2.24, 2.45) is 0 Å². The zero-order valence-corrected chi connectivity index (χ0v) is 10.3. The minimum absolute atomic E-state index is 0.542. The maximum atomic E-state index is 5.70. The van der Waals surface area contributed by atoms with E-state index in [9.17, 15) is 0 Å².